The molecule has 0 radical (unpaired) electrons. The zero-order valence-electron chi connectivity index (χ0n) is 13.0. The molecule has 1 aromatic carbocycles. The number of esters is 1. The summed E-state index contributed by atoms with van der Waals surface area (Å²) in [5.74, 6) is 0.143. The third-order valence-electron chi connectivity index (χ3n) is 3.08. The van der Waals surface area contributed by atoms with Gasteiger partial charge in [0.15, 0.2) is 0 Å². The second kappa shape index (κ2) is 10.00. The molecular formula is C16H26INO3. The Labute approximate surface area is 137 Å². The number of benzene rings is 1. The van der Waals surface area contributed by atoms with Crippen molar-refractivity contribution in [2.45, 2.75) is 46.2 Å². The molecule has 5 heteroatoms. The van der Waals surface area contributed by atoms with Crippen LogP contribution in [0.2, 0.25) is 0 Å². The second-order valence-corrected chi connectivity index (χ2v) is 8.06. The van der Waals surface area contributed by atoms with Gasteiger partial charge >= 0.3 is 137 Å². The number of hydrogen-bond donors (Lipinski definition) is 2. The molecular weight excluding hydrogens is 381 g/mol. The van der Waals surface area contributed by atoms with Gasteiger partial charge in [0, 0.05) is 0 Å². The fourth-order valence-electron chi connectivity index (χ4n) is 1.77. The van der Waals surface area contributed by atoms with Crippen LogP contribution in [0.1, 0.15) is 39.2 Å². The van der Waals surface area contributed by atoms with E-state index in [1.165, 1.54) is 17.3 Å². The monoisotopic (exact) mass is 407 g/mol. The number of para-hydroxylation sites is 1. The Morgan fingerprint density at radius 3 is 2.86 bits per heavy atom. The van der Waals surface area contributed by atoms with Crippen LogP contribution in [-0.2, 0) is 16.1 Å². The van der Waals surface area contributed by atoms with Crippen molar-refractivity contribution in [2.24, 2.45) is 0 Å². The topological polar surface area (TPSA) is 58.6 Å². The van der Waals surface area contributed by atoms with Gasteiger partial charge in [-0.3, -0.25) is 0 Å². The summed E-state index contributed by atoms with van der Waals surface area (Å²) in [5, 5.41) is 13.4. The fraction of sp³-hybridized carbons (Fsp3) is 0.562. The molecule has 0 aromatic heterocycles. The third kappa shape index (κ3) is 6.22. The Bertz CT molecular complexity index is 451. The first-order chi connectivity index (χ1) is 10.1. The van der Waals surface area contributed by atoms with Gasteiger partial charge in [0.1, 0.15) is 0 Å². The van der Waals surface area contributed by atoms with Crippen molar-refractivity contribution in [2.75, 3.05) is 11.0 Å². The summed E-state index contributed by atoms with van der Waals surface area (Å²) in [6, 6.07) is 5.53. The van der Waals surface area contributed by atoms with Gasteiger partial charge in [0.25, 0.3) is 0 Å². The molecule has 4 nitrogen and oxygen atoms in total. The van der Waals surface area contributed by atoms with Crippen LogP contribution < -0.4 is 5.32 Å². The Hall–Kier alpha value is -0.820. The summed E-state index contributed by atoms with van der Waals surface area (Å²) in [5.41, 5.74) is 0.852. The predicted octanol–water partition coefficient (Wildman–Crippen LogP) is 3.11. The molecule has 2 N–H and O–H groups in total. The van der Waals surface area contributed by atoms with Crippen molar-refractivity contribution >= 4 is 27.2 Å². The van der Waals surface area contributed by atoms with Crippen LogP contribution in [0.3, 0.4) is 0 Å². The number of aromatic hydroxyl groups is 1. The van der Waals surface area contributed by atoms with Gasteiger partial charge in [-0.1, -0.05) is 0 Å². The molecule has 1 aromatic rings. The first-order valence-corrected chi connectivity index (χ1v) is 10.2. The van der Waals surface area contributed by atoms with Crippen molar-refractivity contribution in [1.82, 2.24) is 5.32 Å². The molecule has 0 fully saturated rings. The van der Waals surface area contributed by atoms with Gasteiger partial charge in [0.2, 0.25) is 0 Å². The number of carbonyl (C=O) groups is 1. The summed E-state index contributed by atoms with van der Waals surface area (Å²) in [6.45, 7) is 6.60. The first-order valence-electron chi connectivity index (χ1n) is 7.43. The summed E-state index contributed by atoms with van der Waals surface area (Å²) in [4.78, 5) is 11.5. The SMILES string of the molecule is CCCC[IH]c1cccc(CNC(C)C(=O)OCC)c1O. The molecule has 0 aliphatic carbocycles. The van der Waals surface area contributed by atoms with Gasteiger partial charge in [-0.15, -0.1) is 0 Å². The van der Waals surface area contributed by atoms with Crippen LogP contribution in [0.15, 0.2) is 18.2 Å². The van der Waals surface area contributed by atoms with Crippen LogP contribution in [0.25, 0.3) is 0 Å². The molecule has 0 bridgehead atoms. The second-order valence-electron chi connectivity index (χ2n) is 4.82. The molecule has 21 heavy (non-hydrogen) atoms. The maximum atomic E-state index is 11.5. The average molecular weight is 407 g/mol. The van der Waals surface area contributed by atoms with Crippen LogP contribution in [-0.4, -0.2) is 28.2 Å². The van der Waals surface area contributed by atoms with Crippen LogP contribution in [0.5, 0.6) is 5.75 Å². The first kappa shape index (κ1) is 18.2. The molecule has 1 unspecified atom stereocenters. The van der Waals surface area contributed by atoms with Crippen molar-refractivity contribution in [3.05, 3.63) is 27.3 Å². The van der Waals surface area contributed by atoms with Crippen molar-refractivity contribution in [3.8, 4) is 5.75 Å². The number of rotatable bonds is 9. The molecule has 0 amide bonds. The molecule has 0 spiro atoms. The number of alkyl halides is 1. The van der Waals surface area contributed by atoms with E-state index in [2.05, 4.69) is 12.2 Å². The molecule has 1 rings (SSSR count). The molecule has 0 saturated carbocycles. The number of carbonyl (C=O) groups excluding carboxylic acids is 1. The zero-order valence-corrected chi connectivity index (χ0v) is 15.3. The molecule has 0 heterocycles. The van der Waals surface area contributed by atoms with E-state index in [9.17, 15) is 9.90 Å². The van der Waals surface area contributed by atoms with Crippen molar-refractivity contribution in [3.63, 3.8) is 0 Å². The van der Waals surface area contributed by atoms with Gasteiger partial charge in [-0.25, -0.2) is 0 Å². The van der Waals surface area contributed by atoms with Crippen LogP contribution >= 0.6 is 21.2 Å². The Morgan fingerprint density at radius 2 is 2.19 bits per heavy atom. The number of halogens is 1. The minimum atomic E-state index is -0.371. The quantitative estimate of drug-likeness (QED) is 0.286. The Balaban J connectivity index is 2.59. The maximum absolute atomic E-state index is 11.5. The van der Waals surface area contributed by atoms with E-state index in [1.54, 1.807) is 13.8 Å². The van der Waals surface area contributed by atoms with Gasteiger partial charge < -0.3 is 0 Å². The number of phenols is 1. The van der Waals surface area contributed by atoms with Crippen LogP contribution in [0, 0.1) is 3.57 Å². The van der Waals surface area contributed by atoms with Gasteiger partial charge in [-0.05, 0) is 0 Å². The third-order valence-corrected chi connectivity index (χ3v) is 6.31. The number of nitrogens with one attached hydrogen (secondary N) is 1. The van der Waals surface area contributed by atoms with Crippen molar-refractivity contribution < 1.29 is 14.6 Å². The number of phenolic OH excluding ortho intramolecular Hbond substituents is 1. The summed E-state index contributed by atoms with van der Waals surface area (Å²) < 4.78 is 7.28. The van der Waals surface area contributed by atoms with Crippen LogP contribution in [0.4, 0.5) is 0 Å². The van der Waals surface area contributed by atoms with E-state index in [0.717, 1.165) is 9.13 Å². The van der Waals surface area contributed by atoms with E-state index in [-0.39, 0.29) is 33.2 Å². The molecule has 1 atom stereocenters. The van der Waals surface area contributed by atoms with Crippen molar-refractivity contribution in [1.29, 1.82) is 0 Å². The van der Waals surface area contributed by atoms with E-state index in [0.29, 0.717) is 18.9 Å². The number of unbranched alkanes of at least 4 members (excludes halogenated alkanes) is 1. The van der Waals surface area contributed by atoms with E-state index in [1.807, 2.05) is 18.2 Å². The molecule has 0 saturated heterocycles. The van der Waals surface area contributed by atoms with E-state index >= 15 is 0 Å². The number of ether oxygens (including phenoxy) is 1. The van der Waals surface area contributed by atoms with Gasteiger partial charge in [0.05, 0.1) is 0 Å². The molecule has 0 aliphatic rings. The fourth-order valence-corrected chi connectivity index (χ4v) is 4.89. The average Bonchev–Trinajstić information content (AvgIpc) is 2.48. The predicted molar refractivity (Wildman–Crippen MR) is 94.9 cm³/mol. The van der Waals surface area contributed by atoms with E-state index < -0.39 is 0 Å². The molecule has 120 valence electrons. The Morgan fingerprint density at radius 1 is 1.43 bits per heavy atom. The zero-order chi connectivity index (χ0) is 15.7. The number of hydrogen-bond acceptors (Lipinski definition) is 4. The van der Waals surface area contributed by atoms with E-state index in [4.69, 9.17) is 4.74 Å². The minimum absolute atomic E-state index is 0.259. The normalized spacial score (nSPS) is 12.3. The molecule has 0 aliphatic heterocycles. The summed E-state index contributed by atoms with van der Waals surface area (Å²) >= 11 is -0.320. The Kier molecular flexibility index (Phi) is 8.68. The summed E-state index contributed by atoms with van der Waals surface area (Å²) in [6.07, 6.45) is 2.42. The summed E-state index contributed by atoms with van der Waals surface area (Å²) in [7, 11) is 0. The van der Waals surface area contributed by atoms with Gasteiger partial charge in [-0.2, -0.15) is 0 Å². The standard InChI is InChI=1S/C16H26INO3/c1-4-6-10-17-14-9-7-8-13(15(14)19)11-18-12(3)16(20)21-5-2/h7-9,12,17-19H,4-6,10-11H2,1-3H3.